The van der Waals surface area contributed by atoms with Crippen molar-refractivity contribution in [1.82, 2.24) is 5.32 Å². The van der Waals surface area contributed by atoms with E-state index in [2.05, 4.69) is 16.7 Å². The molecule has 106 valence electrons. The van der Waals surface area contributed by atoms with Crippen molar-refractivity contribution >= 4 is 11.6 Å². The number of carbonyl (C=O) groups excluding carboxylic acids is 1. The predicted molar refractivity (Wildman–Crippen MR) is 76.2 cm³/mol. The Bertz CT molecular complexity index is 490. The summed E-state index contributed by atoms with van der Waals surface area (Å²) in [5, 5.41) is 15.0. The normalized spacial score (nSPS) is 15.6. The summed E-state index contributed by atoms with van der Waals surface area (Å²) >= 11 is 0. The summed E-state index contributed by atoms with van der Waals surface area (Å²) in [5.41, 5.74) is 1.03. The Hall–Kier alpha value is -1.90. The van der Waals surface area contributed by atoms with E-state index in [0.717, 1.165) is 25.9 Å². The van der Waals surface area contributed by atoms with Crippen LogP contribution in [0.2, 0.25) is 0 Å². The first kappa shape index (κ1) is 14.5. The summed E-state index contributed by atoms with van der Waals surface area (Å²) in [6.07, 6.45) is 2.57. The number of anilines is 1. The van der Waals surface area contributed by atoms with Gasteiger partial charge in [0.05, 0.1) is 30.4 Å². The van der Waals surface area contributed by atoms with Crippen LogP contribution in [0.25, 0.3) is 0 Å². The number of nitriles is 1. The van der Waals surface area contributed by atoms with E-state index in [4.69, 9.17) is 10.00 Å². The fourth-order valence-electron chi connectivity index (χ4n) is 2.18. The average molecular weight is 273 g/mol. The van der Waals surface area contributed by atoms with Gasteiger partial charge in [-0.2, -0.15) is 5.26 Å². The lowest BCUT2D eigenvalue weighted by atomic mass is 10.1. The van der Waals surface area contributed by atoms with Gasteiger partial charge in [0.25, 0.3) is 0 Å². The highest BCUT2D eigenvalue weighted by Gasteiger charge is 2.14. The molecular weight excluding hydrogens is 254 g/mol. The van der Waals surface area contributed by atoms with Gasteiger partial charge in [0, 0.05) is 0 Å². The van der Waals surface area contributed by atoms with Crippen LogP contribution >= 0.6 is 0 Å². The Morgan fingerprint density at radius 3 is 2.90 bits per heavy atom. The molecule has 1 aliphatic rings. The van der Waals surface area contributed by atoms with E-state index in [-0.39, 0.29) is 12.0 Å². The summed E-state index contributed by atoms with van der Waals surface area (Å²) in [6.45, 7) is 2.38. The second-order valence-electron chi connectivity index (χ2n) is 4.78. The molecule has 0 saturated carbocycles. The zero-order valence-corrected chi connectivity index (χ0v) is 11.4. The highest BCUT2D eigenvalue weighted by Crippen LogP contribution is 2.14. The van der Waals surface area contributed by atoms with Crippen molar-refractivity contribution in [2.24, 2.45) is 0 Å². The molecular formula is C15H19N3O2. The summed E-state index contributed by atoms with van der Waals surface area (Å²) in [4.78, 5) is 11.8. The molecule has 0 unspecified atom stereocenters. The van der Waals surface area contributed by atoms with Crippen molar-refractivity contribution in [2.45, 2.75) is 25.4 Å². The number of benzene rings is 1. The molecule has 2 rings (SSSR count). The van der Waals surface area contributed by atoms with Crippen molar-refractivity contribution in [1.29, 1.82) is 5.26 Å². The van der Waals surface area contributed by atoms with Gasteiger partial charge in [-0.05, 0) is 38.1 Å². The van der Waals surface area contributed by atoms with E-state index in [1.54, 1.807) is 24.3 Å². The molecule has 1 aromatic carbocycles. The largest absolute Gasteiger partial charge is 0.378 e. The quantitative estimate of drug-likeness (QED) is 0.855. The number of rotatable bonds is 5. The second kappa shape index (κ2) is 7.63. The zero-order valence-electron chi connectivity index (χ0n) is 11.4. The number of carbonyl (C=O) groups is 1. The first-order valence-corrected chi connectivity index (χ1v) is 6.91. The fraction of sp³-hybridized carbons (Fsp3) is 0.467. The Labute approximate surface area is 118 Å². The monoisotopic (exact) mass is 273 g/mol. The molecule has 1 aliphatic heterocycles. The van der Waals surface area contributed by atoms with Gasteiger partial charge < -0.3 is 15.4 Å². The molecule has 20 heavy (non-hydrogen) atoms. The highest BCUT2D eigenvalue weighted by molar-refractivity contribution is 5.92. The highest BCUT2D eigenvalue weighted by atomic mass is 16.5. The van der Waals surface area contributed by atoms with Crippen LogP contribution in [0.1, 0.15) is 24.8 Å². The molecule has 1 saturated heterocycles. The van der Waals surface area contributed by atoms with Crippen LogP contribution in [-0.2, 0) is 9.53 Å². The third kappa shape index (κ3) is 4.34. The molecule has 0 spiro atoms. The topological polar surface area (TPSA) is 74.2 Å². The zero-order chi connectivity index (χ0) is 14.2. The predicted octanol–water partition coefficient (Wildman–Crippen LogP) is 1.66. The number of para-hydroxylation sites is 1. The van der Waals surface area contributed by atoms with Crippen LogP contribution in [-0.4, -0.2) is 31.7 Å². The van der Waals surface area contributed by atoms with E-state index in [1.807, 2.05) is 0 Å². The Morgan fingerprint density at radius 2 is 2.15 bits per heavy atom. The molecule has 0 atom stereocenters. The van der Waals surface area contributed by atoms with Gasteiger partial charge in [-0.25, -0.2) is 0 Å². The molecule has 5 heteroatoms. The minimum atomic E-state index is -0.123. The number of amides is 1. The maximum absolute atomic E-state index is 11.8. The molecule has 0 radical (unpaired) electrons. The molecule has 1 amide bonds. The number of nitrogens with one attached hydrogen (secondary N) is 2. The average Bonchev–Trinajstić information content (AvgIpc) is 2.49. The molecule has 0 aliphatic carbocycles. The molecule has 1 aromatic rings. The van der Waals surface area contributed by atoms with E-state index in [0.29, 0.717) is 24.3 Å². The van der Waals surface area contributed by atoms with Gasteiger partial charge in [-0.3, -0.25) is 4.79 Å². The minimum absolute atomic E-state index is 0.123. The van der Waals surface area contributed by atoms with E-state index in [9.17, 15) is 4.79 Å². The number of piperidine rings is 1. The van der Waals surface area contributed by atoms with E-state index < -0.39 is 0 Å². The Balaban J connectivity index is 1.73. The number of hydrogen-bond acceptors (Lipinski definition) is 4. The van der Waals surface area contributed by atoms with Crippen LogP contribution < -0.4 is 10.6 Å². The smallest absolute Gasteiger partial charge is 0.226 e. The third-order valence-electron chi connectivity index (χ3n) is 3.29. The van der Waals surface area contributed by atoms with Gasteiger partial charge >= 0.3 is 0 Å². The van der Waals surface area contributed by atoms with Crippen LogP contribution in [0.4, 0.5) is 5.69 Å². The molecule has 0 aromatic heterocycles. The Kier molecular flexibility index (Phi) is 5.54. The molecule has 1 fully saturated rings. The van der Waals surface area contributed by atoms with E-state index >= 15 is 0 Å². The number of nitrogens with zero attached hydrogens (tertiary/aromatic N) is 1. The van der Waals surface area contributed by atoms with Crippen molar-refractivity contribution in [3.8, 4) is 6.07 Å². The third-order valence-corrected chi connectivity index (χ3v) is 3.29. The van der Waals surface area contributed by atoms with E-state index in [1.165, 1.54) is 0 Å². The van der Waals surface area contributed by atoms with Crippen molar-refractivity contribution in [3.63, 3.8) is 0 Å². The van der Waals surface area contributed by atoms with Gasteiger partial charge in [0.15, 0.2) is 0 Å². The number of hydrogen-bond donors (Lipinski definition) is 2. The summed E-state index contributed by atoms with van der Waals surface area (Å²) in [5.74, 6) is -0.123. The molecule has 5 nitrogen and oxygen atoms in total. The van der Waals surface area contributed by atoms with Gasteiger partial charge in [0.1, 0.15) is 6.07 Å². The lowest BCUT2D eigenvalue weighted by Crippen LogP contribution is -2.33. The van der Waals surface area contributed by atoms with Gasteiger partial charge in [-0.1, -0.05) is 12.1 Å². The first-order valence-electron chi connectivity index (χ1n) is 6.91. The summed E-state index contributed by atoms with van der Waals surface area (Å²) in [6, 6.07) is 9.03. The van der Waals surface area contributed by atoms with Gasteiger partial charge in [0.2, 0.25) is 5.91 Å². The summed E-state index contributed by atoms with van der Waals surface area (Å²) in [7, 11) is 0. The van der Waals surface area contributed by atoms with Crippen molar-refractivity contribution < 1.29 is 9.53 Å². The van der Waals surface area contributed by atoms with Gasteiger partial charge in [-0.15, -0.1) is 0 Å². The van der Waals surface area contributed by atoms with Crippen LogP contribution in [0.15, 0.2) is 24.3 Å². The first-order chi connectivity index (χ1) is 9.79. The van der Waals surface area contributed by atoms with Crippen LogP contribution in [0.5, 0.6) is 0 Å². The summed E-state index contributed by atoms with van der Waals surface area (Å²) < 4.78 is 5.68. The van der Waals surface area contributed by atoms with Crippen LogP contribution in [0, 0.1) is 11.3 Å². The minimum Gasteiger partial charge on any atom is -0.378 e. The second-order valence-corrected chi connectivity index (χ2v) is 4.78. The molecule has 2 N–H and O–H groups in total. The maximum Gasteiger partial charge on any atom is 0.226 e. The van der Waals surface area contributed by atoms with Crippen LogP contribution in [0.3, 0.4) is 0 Å². The fourth-order valence-corrected chi connectivity index (χ4v) is 2.18. The molecule has 0 bridgehead atoms. The lowest BCUT2D eigenvalue weighted by Gasteiger charge is -2.22. The standard InChI is InChI=1S/C15H19N3O2/c16-11-12-3-1-2-4-14(12)18-15(19)7-10-20-13-5-8-17-9-6-13/h1-4,13,17H,5-10H2,(H,18,19). The van der Waals surface area contributed by atoms with Crippen molar-refractivity contribution in [3.05, 3.63) is 29.8 Å². The SMILES string of the molecule is N#Cc1ccccc1NC(=O)CCOC1CCNCC1. The Morgan fingerprint density at radius 1 is 1.40 bits per heavy atom. The maximum atomic E-state index is 11.8. The number of ether oxygens (including phenoxy) is 1. The van der Waals surface area contributed by atoms with Crippen molar-refractivity contribution in [2.75, 3.05) is 25.0 Å². The molecule has 1 heterocycles. The lowest BCUT2D eigenvalue weighted by molar-refractivity contribution is -0.117.